The molecule has 0 saturated heterocycles. The molecule has 4 saturated carbocycles. The van der Waals surface area contributed by atoms with E-state index >= 15 is 0 Å². The van der Waals surface area contributed by atoms with Crippen molar-refractivity contribution in [2.45, 2.75) is 164 Å². The minimum atomic E-state index is 0. The SMILES string of the molecule is [C-]1=C(P(C2CCCCC2)C2CCCCC2)C=CC1.[C-]1=C(P(C2CCCCC2)C2CCCCC2)C=CC1.[Fe+2]. The summed E-state index contributed by atoms with van der Waals surface area (Å²) in [6.45, 7) is 0. The van der Waals surface area contributed by atoms with Crippen LogP contribution < -0.4 is 0 Å². The van der Waals surface area contributed by atoms with Gasteiger partial charge in [-0.2, -0.15) is 22.8 Å². The van der Waals surface area contributed by atoms with Gasteiger partial charge in [0.15, 0.2) is 0 Å². The van der Waals surface area contributed by atoms with E-state index < -0.39 is 0 Å². The molecule has 206 valence electrons. The summed E-state index contributed by atoms with van der Waals surface area (Å²) in [6, 6.07) is 0. The van der Waals surface area contributed by atoms with Crippen LogP contribution in [0.3, 0.4) is 0 Å². The summed E-state index contributed by atoms with van der Waals surface area (Å²) in [4.78, 5) is 0. The third-order valence-electron chi connectivity index (χ3n) is 9.78. The summed E-state index contributed by atoms with van der Waals surface area (Å²) in [5.41, 5.74) is 4.17. The molecular weight excluding hydrogens is 526 g/mol. The first-order valence-corrected chi connectivity index (χ1v) is 19.0. The van der Waals surface area contributed by atoms with Gasteiger partial charge in [0.25, 0.3) is 0 Å². The summed E-state index contributed by atoms with van der Waals surface area (Å²) in [5.74, 6) is 0. The smallest absolute Gasteiger partial charge is 0.265 e. The average Bonchev–Trinajstić information content (AvgIpc) is 3.68. The molecule has 0 spiro atoms. The van der Waals surface area contributed by atoms with E-state index in [-0.39, 0.29) is 32.9 Å². The van der Waals surface area contributed by atoms with Gasteiger partial charge in [-0.3, -0.25) is 12.2 Å². The van der Waals surface area contributed by atoms with Crippen LogP contribution in [0.1, 0.15) is 141 Å². The van der Waals surface area contributed by atoms with Gasteiger partial charge in [-0.25, -0.2) is 12.2 Å². The van der Waals surface area contributed by atoms with E-state index in [0.717, 1.165) is 35.5 Å². The standard InChI is InChI=1S/2C17H26P.Fe/c2*1-3-9-15(10-4-1)18(17-13-7-8-14-17)16-11-5-2-6-12-16;/h2*7,13,15-16H,1-6,8-12H2;/q2*-1;+2. The minimum Gasteiger partial charge on any atom is -0.265 e. The van der Waals surface area contributed by atoms with E-state index in [1.807, 2.05) is 0 Å². The molecule has 0 heterocycles. The second-order valence-corrected chi connectivity index (χ2v) is 17.8. The Balaban J connectivity index is 0.000000168. The van der Waals surface area contributed by atoms with Gasteiger partial charge in [0, 0.05) is 0 Å². The van der Waals surface area contributed by atoms with Crippen molar-refractivity contribution in [1.29, 1.82) is 0 Å². The number of allylic oxidation sites excluding steroid dienone is 8. The molecular formula is C34H52FeP2. The Bertz CT molecular complexity index is 670. The van der Waals surface area contributed by atoms with E-state index in [1.165, 1.54) is 128 Å². The molecule has 4 fully saturated rings. The van der Waals surface area contributed by atoms with Gasteiger partial charge in [-0.1, -0.05) is 77.0 Å². The Labute approximate surface area is 243 Å². The van der Waals surface area contributed by atoms with Crippen LogP contribution in [-0.2, 0) is 17.1 Å². The minimum absolute atomic E-state index is 0. The molecule has 0 aromatic carbocycles. The molecule has 0 radical (unpaired) electrons. The normalized spacial score (nSPS) is 26.1. The van der Waals surface area contributed by atoms with E-state index in [0.29, 0.717) is 0 Å². The quantitative estimate of drug-likeness (QED) is 0.167. The first-order chi connectivity index (χ1) is 17.9. The predicted octanol–water partition coefficient (Wildman–Crippen LogP) is 11.6. The molecule has 6 aliphatic carbocycles. The summed E-state index contributed by atoms with van der Waals surface area (Å²) < 4.78 is 0. The zero-order chi connectivity index (χ0) is 24.4. The maximum atomic E-state index is 3.69. The first-order valence-electron chi connectivity index (χ1n) is 16.0. The largest absolute Gasteiger partial charge is 2.00 e. The molecule has 37 heavy (non-hydrogen) atoms. The summed E-state index contributed by atoms with van der Waals surface area (Å²) in [5, 5.41) is 3.31. The molecule has 3 heteroatoms. The van der Waals surface area contributed by atoms with E-state index in [4.69, 9.17) is 0 Å². The van der Waals surface area contributed by atoms with Gasteiger partial charge >= 0.3 is 17.1 Å². The molecule has 0 N–H and O–H groups in total. The molecule has 0 unspecified atom stereocenters. The van der Waals surface area contributed by atoms with Crippen LogP contribution in [0.15, 0.2) is 34.9 Å². The van der Waals surface area contributed by atoms with Crippen LogP contribution in [-0.4, -0.2) is 22.6 Å². The molecule has 0 nitrogen and oxygen atoms in total. The van der Waals surface area contributed by atoms with E-state index in [9.17, 15) is 0 Å². The Kier molecular flexibility index (Phi) is 13.6. The number of rotatable bonds is 6. The van der Waals surface area contributed by atoms with Crippen molar-refractivity contribution in [3.8, 4) is 0 Å². The molecule has 0 aromatic heterocycles. The molecule has 0 amide bonds. The molecule has 6 rings (SSSR count). The zero-order valence-corrected chi connectivity index (χ0v) is 26.3. The van der Waals surface area contributed by atoms with Gasteiger partial charge in [0.1, 0.15) is 0 Å². The van der Waals surface area contributed by atoms with Crippen molar-refractivity contribution >= 4 is 15.8 Å². The Hall–Kier alpha value is 0.339. The average molecular weight is 579 g/mol. The fraction of sp³-hybridized carbons (Fsp3) is 0.765. The van der Waals surface area contributed by atoms with Crippen LogP contribution in [0.2, 0.25) is 0 Å². The fourth-order valence-corrected chi connectivity index (χ4v) is 15.5. The third kappa shape index (κ3) is 8.66. The van der Waals surface area contributed by atoms with Crippen LogP contribution in [0.4, 0.5) is 0 Å². The maximum absolute atomic E-state index is 3.69. The first kappa shape index (κ1) is 30.3. The number of hydrogen-bond acceptors (Lipinski definition) is 0. The molecule has 0 bridgehead atoms. The summed E-state index contributed by atoms with van der Waals surface area (Å²) in [7, 11) is 0.241. The van der Waals surface area contributed by atoms with Crippen molar-refractivity contribution in [2.24, 2.45) is 0 Å². The number of hydrogen-bond donors (Lipinski definition) is 0. The van der Waals surface area contributed by atoms with Crippen molar-refractivity contribution in [3.05, 3.63) is 47.1 Å². The van der Waals surface area contributed by atoms with Crippen LogP contribution >= 0.6 is 15.8 Å². The van der Waals surface area contributed by atoms with Gasteiger partial charge in [-0.15, -0.1) is 28.7 Å². The van der Waals surface area contributed by atoms with Crippen molar-refractivity contribution in [1.82, 2.24) is 0 Å². The summed E-state index contributed by atoms with van der Waals surface area (Å²) in [6.07, 6.45) is 49.1. The maximum Gasteiger partial charge on any atom is 2.00 e. The van der Waals surface area contributed by atoms with Gasteiger partial charge < -0.3 is 0 Å². The summed E-state index contributed by atoms with van der Waals surface area (Å²) >= 11 is 0. The van der Waals surface area contributed by atoms with Gasteiger partial charge in [0.05, 0.1) is 0 Å². The van der Waals surface area contributed by atoms with Crippen LogP contribution in [0.5, 0.6) is 0 Å². The van der Waals surface area contributed by atoms with Crippen LogP contribution in [0, 0.1) is 12.2 Å². The van der Waals surface area contributed by atoms with Crippen LogP contribution in [0.25, 0.3) is 0 Å². The second-order valence-electron chi connectivity index (χ2n) is 12.3. The molecule has 0 atom stereocenters. The van der Waals surface area contributed by atoms with Crippen molar-refractivity contribution < 1.29 is 17.1 Å². The molecule has 0 aromatic rings. The predicted molar refractivity (Wildman–Crippen MR) is 162 cm³/mol. The Morgan fingerprint density at radius 2 is 0.703 bits per heavy atom. The monoisotopic (exact) mass is 578 g/mol. The Morgan fingerprint density at radius 1 is 0.432 bits per heavy atom. The molecule has 6 aliphatic rings. The second kappa shape index (κ2) is 16.6. The van der Waals surface area contributed by atoms with Crippen molar-refractivity contribution in [3.63, 3.8) is 0 Å². The topological polar surface area (TPSA) is 0 Å². The van der Waals surface area contributed by atoms with Gasteiger partial charge in [-0.05, 0) is 74.0 Å². The van der Waals surface area contributed by atoms with E-state index in [1.54, 1.807) is 10.6 Å². The fourth-order valence-electron chi connectivity index (χ4n) is 7.96. The molecule has 0 aliphatic heterocycles. The zero-order valence-electron chi connectivity index (χ0n) is 23.4. The van der Waals surface area contributed by atoms with Gasteiger partial charge in [0.2, 0.25) is 0 Å². The Morgan fingerprint density at radius 3 is 0.919 bits per heavy atom. The van der Waals surface area contributed by atoms with Crippen molar-refractivity contribution in [2.75, 3.05) is 0 Å². The van der Waals surface area contributed by atoms with E-state index in [2.05, 4.69) is 36.5 Å². The third-order valence-corrected chi connectivity index (χ3v) is 16.7.